The maximum Gasteiger partial charge on any atom is 0.191 e. The van der Waals surface area contributed by atoms with Crippen LogP contribution in [0.2, 0.25) is 18.1 Å². The van der Waals surface area contributed by atoms with Crippen LogP contribution in [0.3, 0.4) is 0 Å². The molecule has 5 heteroatoms. The van der Waals surface area contributed by atoms with Crippen molar-refractivity contribution in [2.75, 3.05) is 13.7 Å². The molecule has 2 unspecified atom stereocenters. The zero-order valence-corrected chi connectivity index (χ0v) is 17.3. The molecule has 0 fully saturated rings. The number of methoxy groups -OCH3 is 1. The van der Waals surface area contributed by atoms with Crippen molar-refractivity contribution in [1.82, 2.24) is 0 Å². The summed E-state index contributed by atoms with van der Waals surface area (Å²) in [6.45, 7) is 14.1. The van der Waals surface area contributed by atoms with Crippen LogP contribution in [0.25, 0.3) is 0 Å². The second kappa shape index (κ2) is 8.00. The lowest BCUT2D eigenvalue weighted by Gasteiger charge is -2.37. The zero-order chi connectivity index (χ0) is 18.6. The molecule has 0 aliphatic rings. The first-order valence-corrected chi connectivity index (χ1v) is 11.6. The molecular formula is C19H35NO3Si. The molecule has 1 aromatic rings. The lowest BCUT2D eigenvalue weighted by molar-refractivity contribution is 0.0258. The van der Waals surface area contributed by atoms with Crippen LogP contribution in [-0.4, -0.2) is 27.1 Å². The van der Waals surface area contributed by atoms with Gasteiger partial charge in [-0.3, -0.25) is 5.73 Å². The molecule has 1 aromatic carbocycles. The van der Waals surface area contributed by atoms with Crippen molar-refractivity contribution < 1.29 is 14.3 Å². The minimum Gasteiger partial charge on any atom is -0.497 e. The van der Waals surface area contributed by atoms with Crippen LogP contribution >= 0.6 is 0 Å². The molecule has 2 atom stereocenters. The van der Waals surface area contributed by atoms with Gasteiger partial charge in [0.05, 0.1) is 7.11 Å². The number of ether oxygens (including phenoxy) is 1. The summed E-state index contributed by atoms with van der Waals surface area (Å²) in [7, 11) is -0.106. The maximum absolute atomic E-state index is 10.6. The highest BCUT2D eigenvalue weighted by Gasteiger charge is 2.37. The summed E-state index contributed by atoms with van der Waals surface area (Å²) in [5, 5.41) is 10.8. The minimum absolute atomic E-state index is 0.213. The van der Waals surface area contributed by atoms with E-state index in [0.717, 1.165) is 18.8 Å². The fourth-order valence-corrected chi connectivity index (χ4v) is 3.28. The highest BCUT2D eigenvalue weighted by molar-refractivity contribution is 6.74. The van der Waals surface area contributed by atoms with Gasteiger partial charge in [-0.15, -0.1) is 0 Å². The van der Waals surface area contributed by atoms with Crippen molar-refractivity contribution >= 4 is 8.32 Å². The second-order valence-corrected chi connectivity index (χ2v) is 13.2. The fraction of sp³-hybridized carbons (Fsp3) is 0.684. The maximum atomic E-state index is 10.6. The van der Waals surface area contributed by atoms with Crippen molar-refractivity contribution in [2.24, 2.45) is 11.7 Å². The average molecular weight is 354 g/mol. The molecule has 0 heterocycles. The number of nitrogens with two attached hydrogens (primary N) is 1. The Morgan fingerprint density at radius 2 is 1.71 bits per heavy atom. The molecule has 0 radical (unpaired) electrons. The monoisotopic (exact) mass is 353 g/mol. The van der Waals surface area contributed by atoms with Gasteiger partial charge in [0.1, 0.15) is 11.5 Å². The van der Waals surface area contributed by atoms with Crippen molar-refractivity contribution in [2.45, 2.75) is 64.4 Å². The molecule has 0 spiro atoms. The van der Waals surface area contributed by atoms with Gasteiger partial charge in [-0.1, -0.05) is 39.8 Å². The van der Waals surface area contributed by atoms with E-state index >= 15 is 0 Å². The van der Waals surface area contributed by atoms with E-state index < -0.39 is 14.0 Å². The van der Waals surface area contributed by atoms with Gasteiger partial charge in [0.15, 0.2) is 8.32 Å². The van der Waals surface area contributed by atoms with Crippen molar-refractivity contribution in [3.8, 4) is 5.75 Å². The number of hydrogen-bond acceptors (Lipinski definition) is 4. The topological polar surface area (TPSA) is 64.7 Å². The highest BCUT2D eigenvalue weighted by atomic mass is 28.4. The molecule has 0 aromatic heterocycles. The molecule has 0 aliphatic carbocycles. The number of rotatable bonds is 8. The first-order chi connectivity index (χ1) is 10.9. The van der Waals surface area contributed by atoms with Gasteiger partial charge in [0.25, 0.3) is 0 Å². The summed E-state index contributed by atoms with van der Waals surface area (Å²) in [6, 6.07) is 7.26. The van der Waals surface area contributed by atoms with Crippen LogP contribution in [0, 0.1) is 5.92 Å². The summed E-state index contributed by atoms with van der Waals surface area (Å²) < 4.78 is 11.4. The Morgan fingerprint density at radius 1 is 1.17 bits per heavy atom. The van der Waals surface area contributed by atoms with E-state index in [-0.39, 0.29) is 5.04 Å². The Labute approximate surface area is 148 Å². The van der Waals surface area contributed by atoms with E-state index in [4.69, 9.17) is 14.9 Å². The molecule has 0 saturated heterocycles. The Hall–Kier alpha value is -0.883. The standard InChI is InChI=1S/C19H35NO3Si/c1-15(14-23-24(6,7)18(2,3)4)12-13-19(20,21)16-8-10-17(22-5)11-9-16/h8-11,15,21H,12-14,20H2,1-7H3. The Morgan fingerprint density at radius 3 is 2.17 bits per heavy atom. The molecule has 3 N–H and O–H groups in total. The lowest BCUT2D eigenvalue weighted by atomic mass is 9.94. The summed E-state index contributed by atoms with van der Waals surface area (Å²) >= 11 is 0. The van der Waals surface area contributed by atoms with Crippen molar-refractivity contribution in [3.05, 3.63) is 29.8 Å². The molecule has 0 bridgehead atoms. The number of aliphatic hydroxyl groups is 1. The van der Waals surface area contributed by atoms with E-state index in [1.165, 1.54) is 0 Å². The molecule has 138 valence electrons. The van der Waals surface area contributed by atoms with Gasteiger partial charge >= 0.3 is 0 Å². The Kier molecular flexibility index (Phi) is 7.05. The normalized spacial score (nSPS) is 16.5. The highest BCUT2D eigenvalue weighted by Crippen LogP contribution is 2.37. The summed E-state index contributed by atoms with van der Waals surface area (Å²) in [6.07, 6.45) is 1.31. The van der Waals surface area contributed by atoms with Crippen molar-refractivity contribution in [1.29, 1.82) is 0 Å². The molecular weight excluding hydrogens is 318 g/mol. The van der Waals surface area contributed by atoms with Crippen LogP contribution in [-0.2, 0) is 10.2 Å². The van der Waals surface area contributed by atoms with E-state index in [1.54, 1.807) is 7.11 Å². The van der Waals surface area contributed by atoms with E-state index in [2.05, 4.69) is 40.8 Å². The van der Waals surface area contributed by atoms with Crippen LogP contribution in [0.1, 0.15) is 46.1 Å². The third kappa shape index (κ3) is 5.88. The number of benzene rings is 1. The number of hydrogen-bond donors (Lipinski definition) is 2. The lowest BCUT2D eigenvalue weighted by Crippen LogP contribution is -2.42. The molecule has 1 rings (SSSR count). The first-order valence-electron chi connectivity index (χ1n) is 8.69. The third-order valence-electron chi connectivity index (χ3n) is 5.14. The largest absolute Gasteiger partial charge is 0.497 e. The van der Waals surface area contributed by atoms with Crippen LogP contribution in [0.4, 0.5) is 0 Å². The second-order valence-electron chi connectivity index (χ2n) is 8.37. The van der Waals surface area contributed by atoms with Gasteiger partial charge in [-0.05, 0) is 54.6 Å². The summed E-state index contributed by atoms with van der Waals surface area (Å²) in [5.74, 6) is 1.11. The van der Waals surface area contributed by atoms with E-state index in [9.17, 15) is 5.11 Å². The smallest absolute Gasteiger partial charge is 0.191 e. The zero-order valence-electron chi connectivity index (χ0n) is 16.3. The third-order valence-corrected chi connectivity index (χ3v) is 9.64. The van der Waals surface area contributed by atoms with Crippen LogP contribution in [0.15, 0.2) is 24.3 Å². The predicted octanol–water partition coefficient (Wildman–Crippen LogP) is 4.24. The van der Waals surface area contributed by atoms with E-state index in [0.29, 0.717) is 17.9 Å². The summed E-state index contributed by atoms with van der Waals surface area (Å²) in [4.78, 5) is 0. The first kappa shape index (κ1) is 21.2. The SMILES string of the molecule is COc1ccc(C(N)(O)CCC(C)CO[Si](C)(C)C(C)(C)C)cc1. The molecule has 0 aliphatic heterocycles. The fourth-order valence-electron chi connectivity index (χ4n) is 2.14. The van der Waals surface area contributed by atoms with Crippen LogP contribution in [0.5, 0.6) is 5.75 Å². The predicted molar refractivity (Wildman–Crippen MR) is 103 cm³/mol. The average Bonchev–Trinajstić information content (AvgIpc) is 2.50. The van der Waals surface area contributed by atoms with E-state index in [1.807, 2.05) is 24.3 Å². The Balaban J connectivity index is 2.54. The molecule has 4 nitrogen and oxygen atoms in total. The van der Waals surface area contributed by atoms with Crippen LogP contribution < -0.4 is 10.5 Å². The quantitative estimate of drug-likeness (QED) is 0.542. The van der Waals surface area contributed by atoms with Gasteiger partial charge in [-0.2, -0.15) is 0 Å². The molecule has 24 heavy (non-hydrogen) atoms. The van der Waals surface area contributed by atoms with Gasteiger partial charge in [0, 0.05) is 6.61 Å². The Bertz CT molecular complexity index is 506. The van der Waals surface area contributed by atoms with Gasteiger partial charge in [-0.25, -0.2) is 0 Å². The summed E-state index contributed by atoms with van der Waals surface area (Å²) in [5.41, 5.74) is 5.50. The van der Waals surface area contributed by atoms with Crippen molar-refractivity contribution in [3.63, 3.8) is 0 Å². The van der Waals surface area contributed by atoms with Gasteiger partial charge < -0.3 is 14.3 Å². The molecule has 0 amide bonds. The minimum atomic E-state index is -1.72. The van der Waals surface area contributed by atoms with Gasteiger partial charge in [0.2, 0.25) is 0 Å². The molecule has 0 saturated carbocycles.